The van der Waals surface area contributed by atoms with Gasteiger partial charge in [-0.1, -0.05) is 13.8 Å². The van der Waals surface area contributed by atoms with Gasteiger partial charge in [0.2, 0.25) is 11.8 Å². The fourth-order valence-corrected chi connectivity index (χ4v) is 2.19. The minimum Gasteiger partial charge on any atom is -0.352 e. The maximum Gasteiger partial charge on any atom is 0.312 e. The van der Waals surface area contributed by atoms with Crippen LogP contribution >= 0.6 is 0 Å². The van der Waals surface area contributed by atoms with Crippen LogP contribution in [0.1, 0.15) is 34.1 Å². The standard InChI is InChI=1S/C13H22N4O4/c1-7(2)5-8(15-12(14)21)10(19)17-6-9(18)16-11(20)13(17,3)4/h7-8H,5-6H2,1-4H3,(H3,14,15,21)(H,16,18,20). The molecule has 1 heterocycles. The Bertz CT molecular complexity index is 473. The monoisotopic (exact) mass is 298 g/mol. The first-order chi connectivity index (χ1) is 9.55. The highest BCUT2D eigenvalue weighted by Crippen LogP contribution is 2.21. The highest BCUT2D eigenvalue weighted by molar-refractivity contribution is 6.06. The molecular weight excluding hydrogens is 276 g/mol. The minimum absolute atomic E-state index is 0.128. The molecule has 5 amide bonds. The van der Waals surface area contributed by atoms with E-state index in [2.05, 4.69) is 10.6 Å². The van der Waals surface area contributed by atoms with Gasteiger partial charge in [-0.15, -0.1) is 0 Å². The Morgan fingerprint density at radius 1 is 1.38 bits per heavy atom. The van der Waals surface area contributed by atoms with Gasteiger partial charge in [0.05, 0.1) is 0 Å². The quantitative estimate of drug-likeness (QED) is 0.596. The summed E-state index contributed by atoms with van der Waals surface area (Å²) in [5.41, 5.74) is 3.92. The lowest BCUT2D eigenvalue weighted by Gasteiger charge is -2.41. The van der Waals surface area contributed by atoms with E-state index in [4.69, 9.17) is 5.73 Å². The number of primary amides is 1. The highest BCUT2D eigenvalue weighted by atomic mass is 16.2. The van der Waals surface area contributed by atoms with Crippen LogP contribution < -0.4 is 16.4 Å². The van der Waals surface area contributed by atoms with Crippen molar-refractivity contribution in [2.75, 3.05) is 6.54 Å². The first-order valence-electron chi connectivity index (χ1n) is 6.77. The van der Waals surface area contributed by atoms with Gasteiger partial charge in [0.25, 0.3) is 5.91 Å². The molecule has 0 saturated carbocycles. The summed E-state index contributed by atoms with van der Waals surface area (Å²) in [7, 11) is 0. The summed E-state index contributed by atoms with van der Waals surface area (Å²) in [6.07, 6.45) is 0.365. The van der Waals surface area contributed by atoms with E-state index >= 15 is 0 Å². The molecule has 4 N–H and O–H groups in total. The number of carbonyl (C=O) groups excluding carboxylic acids is 4. The molecule has 0 aromatic rings. The molecule has 0 aromatic carbocycles. The van der Waals surface area contributed by atoms with Crippen molar-refractivity contribution in [3.05, 3.63) is 0 Å². The van der Waals surface area contributed by atoms with Gasteiger partial charge in [-0.3, -0.25) is 19.7 Å². The second-order valence-corrected chi connectivity index (χ2v) is 6.05. The maximum absolute atomic E-state index is 12.6. The van der Waals surface area contributed by atoms with Crippen molar-refractivity contribution in [1.82, 2.24) is 15.5 Å². The maximum atomic E-state index is 12.6. The molecule has 1 saturated heterocycles. The molecule has 0 bridgehead atoms. The number of nitrogens with one attached hydrogen (secondary N) is 2. The van der Waals surface area contributed by atoms with E-state index in [0.717, 1.165) is 0 Å². The van der Waals surface area contributed by atoms with Gasteiger partial charge in [-0.05, 0) is 26.2 Å². The minimum atomic E-state index is -1.17. The van der Waals surface area contributed by atoms with Crippen LogP contribution in [0.25, 0.3) is 0 Å². The summed E-state index contributed by atoms with van der Waals surface area (Å²) in [5.74, 6) is -1.46. The lowest BCUT2D eigenvalue weighted by Crippen LogP contribution is -2.68. The Kier molecular flexibility index (Phi) is 4.93. The number of urea groups is 1. The van der Waals surface area contributed by atoms with Crippen molar-refractivity contribution >= 4 is 23.8 Å². The molecule has 1 aliphatic rings. The van der Waals surface area contributed by atoms with Crippen LogP contribution in [0.2, 0.25) is 0 Å². The summed E-state index contributed by atoms with van der Waals surface area (Å²) < 4.78 is 0. The molecule has 0 aliphatic carbocycles. The third kappa shape index (κ3) is 3.93. The van der Waals surface area contributed by atoms with E-state index in [0.29, 0.717) is 6.42 Å². The number of hydrogen-bond donors (Lipinski definition) is 3. The first-order valence-corrected chi connectivity index (χ1v) is 6.77. The van der Waals surface area contributed by atoms with E-state index in [1.165, 1.54) is 4.90 Å². The normalized spacial score (nSPS) is 19.2. The Morgan fingerprint density at radius 3 is 2.43 bits per heavy atom. The zero-order valence-corrected chi connectivity index (χ0v) is 12.7. The van der Waals surface area contributed by atoms with Crippen LogP contribution in [-0.4, -0.2) is 46.8 Å². The van der Waals surface area contributed by atoms with Crippen molar-refractivity contribution in [3.63, 3.8) is 0 Å². The van der Waals surface area contributed by atoms with Gasteiger partial charge in [-0.25, -0.2) is 4.79 Å². The summed E-state index contributed by atoms with van der Waals surface area (Å²) in [6, 6.07) is -1.68. The van der Waals surface area contributed by atoms with E-state index < -0.39 is 35.3 Å². The van der Waals surface area contributed by atoms with Crippen LogP contribution in [0.5, 0.6) is 0 Å². The average Bonchev–Trinajstić information content (AvgIpc) is 2.31. The Morgan fingerprint density at radius 2 is 1.95 bits per heavy atom. The fourth-order valence-electron chi connectivity index (χ4n) is 2.19. The third-order valence-electron chi connectivity index (χ3n) is 3.37. The number of hydrogen-bond acceptors (Lipinski definition) is 4. The number of imide groups is 1. The molecule has 1 aliphatic heterocycles. The summed E-state index contributed by atoms with van der Waals surface area (Å²) >= 11 is 0. The molecule has 118 valence electrons. The molecule has 1 fully saturated rings. The van der Waals surface area contributed by atoms with Gasteiger partial charge >= 0.3 is 6.03 Å². The molecule has 0 spiro atoms. The topological polar surface area (TPSA) is 122 Å². The molecule has 1 rings (SSSR count). The summed E-state index contributed by atoms with van der Waals surface area (Å²) in [4.78, 5) is 48.2. The smallest absolute Gasteiger partial charge is 0.312 e. The molecule has 8 nitrogen and oxygen atoms in total. The van der Waals surface area contributed by atoms with Gasteiger partial charge in [0.1, 0.15) is 18.1 Å². The van der Waals surface area contributed by atoms with Gasteiger partial charge in [0.15, 0.2) is 0 Å². The van der Waals surface area contributed by atoms with Gasteiger partial charge < -0.3 is 16.0 Å². The lowest BCUT2D eigenvalue weighted by molar-refractivity contribution is -0.156. The molecular formula is C13H22N4O4. The van der Waals surface area contributed by atoms with Gasteiger partial charge in [-0.2, -0.15) is 0 Å². The fraction of sp³-hybridized carbons (Fsp3) is 0.692. The summed E-state index contributed by atoms with van der Waals surface area (Å²) in [6.45, 7) is 6.64. The molecule has 1 atom stereocenters. The van der Waals surface area contributed by atoms with Crippen molar-refractivity contribution in [2.45, 2.75) is 45.7 Å². The second kappa shape index (κ2) is 6.11. The number of carbonyl (C=O) groups is 4. The zero-order valence-electron chi connectivity index (χ0n) is 12.7. The van der Waals surface area contributed by atoms with E-state index in [1.807, 2.05) is 13.8 Å². The Hall–Kier alpha value is -2.12. The van der Waals surface area contributed by atoms with Crippen LogP contribution in [0.3, 0.4) is 0 Å². The predicted octanol–water partition coefficient (Wildman–Crippen LogP) is -0.667. The largest absolute Gasteiger partial charge is 0.352 e. The van der Waals surface area contributed by atoms with E-state index in [9.17, 15) is 19.2 Å². The SMILES string of the molecule is CC(C)CC(NC(N)=O)C(=O)N1CC(=O)NC(=O)C1(C)C. The van der Waals surface area contributed by atoms with Crippen molar-refractivity contribution in [2.24, 2.45) is 11.7 Å². The van der Waals surface area contributed by atoms with E-state index in [-0.39, 0.29) is 12.5 Å². The third-order valence-corrected chi connectivity index (χ3v) is 3.37. The first kappa shape index (κ1) is 16.9. The average molecular weight is 298 g/mol. The molecule has 1 unspecified atom stereocenters. The number of nitrogens with zero attached hydrogens (tertiary/aromatic N) is 1. The highest BCUT2D eigenvalue weighted by Gasteiger charge is 2.45. The molecule has 8 heteroatoms. The van der Waals surface area contributed by atoms with Crippen LogP contribution in [0, 0.1) is 5.92 Å². The Labute approximate surface area is 123 Å². The van der Waals surface area contributed by atoms with Gasteiger partial charge in [0, 0.05) is 0 Å². The van der Waals surface area contributed by atoms with E-state index in [1.54, 1.807) is 13.8 Å². The van der Waals surface area contributed by atoms with Crippen molar-refractivity contribution < 1.29 is 19.2 Å². The number of rotatable bonds is 4. The molecule has 21 heavy (non-hydrogen) atoms. The van der Waals surface area contributed by atoms with Crippen molar-refractivity contribution in [3.8, 4) is 0 Å². The summed E-state index contributed by atoms with van der Waals surface area (Å²) in [5, 5.41) is 4.57. The number of nitrogens with two attached hydrogens (primary N) is 1. The number of amides is 5. The predicted molar refractivity (Wildman–Crippen MR) is 74.9 cm³/mol. The second-order valence-electron chi connectivity index (χ2n) is 6.05. The zero-order chi connectivity index (χ0) is 16.4. The molecule has 0 aromatic heterocycles. The van der Waals surface area contributed by atoms with Crippen LogP contribution in [-0.2, 0) is 14.4 Å². The Balaban J connectivity index is 3.02. The molecule has 0 radical (unpaired) electrons. The number of piperazine rings is 1. The lowest BCUT2D eigenvalue weighted by atomic mass is 9.95. The van der Waals surface area contributed by atoms with Crippen molar-refractivity contribution in [1.29, 1.82) is 0 Å². The van der Waals surface area contributed by atoms with Crippen LogP contribution in [0.15, 0.2) is 0 Å². The van der Waals surface area contributed by atoms with Crippen LogP contribution in [0.4, 0.5) is 4.79 Å².